The molecule has 2 saturated heterocycles. The van der Waals surface area contributed by atoms with Crippen LogP contribution in [0.1, 0.15) is 44.1 Å². The van der Waals surface area contributed by atoms with Crippen LogP contribution in [0.5, 0.6) is 11.5 Å². The van der Waals surface area contributed by atoms with Gasteiger partial charge in [-0.2, -0.15) is 0 Å². The van der Waals surface area contributed by atoms with E-state index >= 15 is 0 Å². The van der Waals surface area contributed by atoms with Gasteiger partial charge in [-0.25, -0.2) is 0 Å². The molecule has 8 heteroatoms. The number of hydrogen-bond acceptors (Lipinski definition) is 8. The minimum atomic E-state index is 0.0357. The standard InChI is InChI=1S/C35H45N5O3/c1-39-19-4-5-28(39)18-22-43-30-10-6-25(7-11-30)24-40-20-16-27(17-21-40)36-35-33-23-31(42-3)14-15-32(33)34(37-38-35)26-8-12-29(41-2)13-9-26/h6-13,15,23,27-28,31H,4-5,14,16-22,24H2,1-3H3,(H,36,38). The molecule has 0 bridgehead atoms. The summed E-state index contributed by atoms with van der Waals surface area (Å²) in [7, 11) is 5.67. The zero-order chi connectivity index (χ0) is 29.6. The summed E-state index contributed by atoms with van der Waals surface area (Å²) in [5.41, 5.74) is 3.25. The van der Waals surface area contributed by atoms with Gasteiger partial charge >= 0.3 is 0 Å². The first-order valence-corrected chi connectivity index (χ1v) is 15.8. The summed E-state index contributed by atoms with van der Waals surface area (Å²) in [5.74, 6) is 2.65. The molecule has 2 aromatic carbocycles. The molecule has 0 spiro atoms. The third-order valence-corrected chi connectivity index (χ3v) is 9.27. The number of benzene rings is 2. The van der Waals surface area contributed by atoms with E-state index in [1.165, 1.54) is 24.9 Å². The normalized spacial score (nSPS) is 21.1. The van der Waals surface area contributed by atoms with E-state index in [2.05, 4.69) is 68.8 Å². The summed E-state index contributed by atoms with van der Waals surface area (Å²) in [5, 5.41) is 15.3. The summed E-state index contributed by atoms with van der Waals surface area (Å²) in [6, 6.07) is 17.7. The zero-order valence-corrected chi connectivity index (χ0v) is 25.8. The van der Waals surface area contributed by atoms with Crippen LogP contribution < -0.4 is 25.2 Å². The minimum Gasteiger partial charge on any atom is -0.497 e. The lowest BCUT2D eigenvalue weighted by Crippen LogP contribution is -2.42. The van der Waals surface area contributed by atoms with Crippen molar-refractivity contribution < 1.29 is 14.2 Å². The van der Waals surface area contributed by atoms with Crippen LogP contribution in [0.25, 0.3) is 23.4 Å². The monoisotopic (exact) mass is 583 g/mol. The van der Waals surface area contributed by atoms with Crippen LogP contribution in [0.2, 0.25) is 0 Å². The van der Waals surface area contributed by atoms with Crippen LogP contribution in [0.4, 0.5) is 5.82 Å². The number of piperidine rings is 1. The highest BCUT2D eigenvalue weighted by Gasteiger charge is 2.22. The Balaban J connectivity index is 1.04. The van der Waals surface area contributed by atoms with E-state index in [1.807, 2.05) is 24.3 Å². The van der Waals surface area contributed by atoms with Crippen molar-refractivity contribution in [2.75, 3.05) is 52.8 Å². The highest BCUT2D eigenvalue weighted by atomic mass is 16.5. The molecule has 0 amide bonds. The Kier molecular flexibility index (Phi) is 9.56. The molecule has 1 N–H and O–H groups in total. The number of rotatable bonds is 11. The van der Waals surface area contributed by atoms with Crippen LogP contribution in [0.15, 0.2) is 48.5 Å². The Labute approximate surface area is 255 Å². The van der Waals surface area contributed by atoms with Gasteiger partial charge in [0.15, 0.2) is 5.82 Å². The third kappa shape index (κ3) is 7.20. The SMILES string of the molecule is COc1ccc(-c2nnc(NC3CCN(Cc4ccc(OCCC5CCCN5C)cc4)CC3)c3c2=CCC(OC)C=3)cc1. The largest absolute Gasteiger partial charge is 0.497 e. The van der Waals surface area contributed by atoms with Crippen LogP contribution in [0, 0.1) is 0 Å². The molecule has 2 fully saturated rings. The van der Waals surface area contributed by atoms with Crippen molar-refractivity contribution in [3.05, 3.63) is 64.5 Å². The van der Waals surface area contributed by atoms with Crippen molar-refractivity contribution in [2.45, 2.75) is 63.3 Å². The van der Waals surface area contributed by atoms with Gasteiger partial charge in [-0.15, -0.1) is 10.2 Å². The average molecular weight is 584 g/mol. The van der Waals surface area contributed by atoms with Gasteiger partial charge in [0, 0.05) is 54.8 Å². The highest BCUT2D eigenvalue weighted by molar-refractivity contribution is 5.66. The van der Waals surface area contributed by atoms with Crippen LogP contribution in [-0.2, 0) is 11.3 Å². The first-order chi connectivity index (χ1) is 21.1. The Morgan fingerprint density at radius 3 is 2.35 bits per heavy atom. The zero-order valence-electron chi connectivity index (χ0n) is 25.8. The van der Waals surface area contributed by atoms with E-state index in [0.29, 0.717) is 12.1 Å². The Hall–Kier alpha value is -3.46. The smallest absolute Gasteiger partial charge is 0.156 e. The van der Waals surface area contributed by atoms with Crippen molar-refractivity contribution in [3.63, 3.8) is 0 Å². The highest BCUT2D eigenvalue weighted by Crippen LogP contribution is 2.22. The quantitative estimate of drug-likeness (QED) is 0.362. The first kappa shape index (κ1) is 29.6. The number of likely N-dealkylation sites (tertiary alicyclic amines) is 2. The number of nitrogens with one attached hydrogen (secondary N) is 1. The first-order valence-electron chi connectivity index (χ1n) is 15.8. The summed E-state index contributed by atoms with van der Waals surface area (Å²) in [6.45, 7) is 5.05. The van der Waals surface area contributed by atoms with Gasteiger partial charge in [-0.05, 0) is 100 Å². The van der Waals surface area contributed by atoms with Crippen molar-refractivity contribution in [2.24, 2.45) is 0 Å². The van der Waals surface area contributed by atoms with Crippen LogP contribution in [0.3, 0.4) is 0 Å². The fourth-order valence-electron chi connectivity index (χ4n) is 6.59. The Morgan fingerprint density at radius 1 is 0.884 bits per heavy atom. The molecule has 0 saturated carbocycles. The van der Waals surface area contributed by atoms with Gasteiger partial charge in [0.25, 0.3) is 0 Å². The summed E-state index contributed by atoms with van der Waals surface area (Å²) >= 11 is 0. The summed E-state index contributed by atoms with van der Waals surface area (Å²) < 4.78 is 17.1. The van der Waals surface area contributed by atoms with E-state index in [-0.39, 0.29) is 6.10 Å². The topological polar surface area (TPSA) is 72.0 Å². The van der Waals surface area contributed by atoms with Crippen LogP contribution in [-0.4, -0.2) is 85.7 Å². The lowest BCUT2D eigenvalue weighted by molar-refractivity contribution is 0.157. The molecule has 3 heterocycles. The molecule has 3 aliphatic rings. The second-order valence-electron chi connectivity index (χ2n) is 12.1. The molecule has 0 radical (unpaired) electrons. The number of aromatic nitrogens is 2. The van der Waals surface area contributed by atoms with E-state index in [9.17, 15) is 0 Å². The van der Waals surface area contributed by atoms with Gasteiger partial charge in [0.2, 0.25) is 0 Å². The second kappa shape index (κ2) is 13.9. The Bertz CT molecular complexity index is 1470. The van der Waals surface area contributed by atoms with E-state index in [1.54, 1.807) is 14.2 Å². The molecule has 8 nitrogen and oxygen atoms in total. The molecule has 2 atom stereocenters. The third-order valence-electron chi connectivity index (χ3n) is 9.27. The maximum Gasteiger partial charge on any atom is 0.156 e. The number of anilines is 1. The van der Waals surface area contributed by atoms with Crippen LogP contribution >= 0.6 is 0 Å². The van der Waals surface area contributed by atoms with E-state index in [4.69, 9.17) is 14.2 Å². The summed E-state index contributed by atoms with van der Waals surface area (Å²) in [6.07, 6.45) is 11.1. The van der Waals surface area contributed by atoms with Gasteiger partial charge in [0.05, 0.1) is 19.8 Å². The maximum atomic E-state index is 6.05. The predicted octanol–water partition coefficient (Wildman–Crippen LogP) is 4.07. The van der Waals surface area contributed by atoms with Gasteiger partial charge in [0.1, 0.15) is 17.2 Å². The van der Waals surface area contributed by atoms with Gasteiger partial charge in [-0.1, -0.05) is 18.2 Å². The molecular weight excluding hydrogens is 538 g/mol. The van der Waals surface area contributed by atoms with Crippen molar-refractivity contribution in [1.82, 2.24) is 20.0 Å². The average Bonchev–Trinajstić information content (AvgIpc) is 3.47. The number of fused-ring (bicyclic) bond motifs is 1. The van der Waals surface area contributed by atoms with E-state index < -0.39 is 0 Å². The van der Waals surface area contributed by atoms with Crippen molar-refractivity contribution in [1.29, 1.82) is 0 Å². The van der Waals surface area contributed by atoms with E-state index in [0.717, 1.165) is 90.9 Å². The molecule has 6 rings (SSSR count). The molecular formula is C35H45N5O3. The van der Waals surface area contributed by atoms with Crippen molar-refractivity contribution in [3.8, 4) is 22.8 Å². The molecule has 228 valence electrons. The summed E-state index contributed by atoms with van der Waals surface area (Å²) in [4.78, 5) is 5.00. The molecule has 3 aromatic rings. The number of methoxy groups -OCH3 is 2. The molecule has 2 aliphatic heterocycles. The van der Waals surface area contributed by atoms with Crippen molar-refractivity contribution >= 4 is 18.0 Å². The number of ether oxygens (including phenoxy) is 3. The second-order valence-corrected chi connectivity index (χ2v) is 12.1. The van der Waals surface area contributed by atoms with Gasteiger partial charge < -0.3 is 24.4 Å². The fourth-order valence-corrected chi connectivity index (χ4v) is 6.59. The maximum absolute atomic E-state index is 6.05. The minimum absolute atomic E-state index is 0.0357. The lowest BCUT2D eigenvalue weighted by atomic mass is 10.0. The van der Waals surface area contributed by atoms with Gasteiger partial charge in [-0.3, -0.25) is 4.90 Å². The number of hydrogen-bond donors (Lipinski definition) is 1. The molecule has 43 heavy (non-hydrogen) atoms. The molecule has 2 unspecified atom stereocenters. The number of nitrogens with zero attached hydrogens (tertiary/aromatic N) is 4. The molecule has 1 aromatic heterocycles. The molecule has 1 aliphatic carbocycles. The predicted molar refractivity (Wildman–Crippen MR) is 172 cm³/mol. The fraction of sp³-hybridized carbons (Fsp3) is 0.486. The Morgan fingerprint density at radius 2 is 1.65 bits per heavy atom. The lowest BCUT2D eigenvalue weighted by Gasteiger charge is -2.32.